The smallest absolute Gasteiger partial charge is 0.0875 e. The van der Waals surface area contributed by atoms with Crippen LogP contribution in [0, 0.1) is 5.92 Å². The van der Waals surface area contributed by atoms with Gasteiger partial charge in [-0.25, -0.2) is 0 Å². The molecule has 1 atom stereocenters. The minimum Gasteiger partial charge on any atom is -0.309 e. The molecule has 1 aromatic carbocycles. The molecule has 2 aromatic rings. The van der Waals surface area contributed by atoms with Gasteiger partial charge in [0.05, 0.1) is 17.3 Å². The number of nitrogens with one attached hydrogen (secondary N) is 1. The molecule has 17 heavy (non-hydrogen) atoms. The molecular weight excluding hydrogens is 210 g/mol. The van der Waals surface area contributed by atoms with Crippen LogP contribution in [0.1, 0.15) is 32.5 Å². The van der Waals surface area contributed by atoms with Gasteiger partial charge in [-0.1, -0.05) is 39.0 Å². The second-order valence-electron chi connectivity index (χ2n) is 4.81. The first-order chi connectivity index (χ1) is 8.15. The Kier molecular flexibility index (Phi) is 3.48. The number of nitrogens with zero attached hydrogens (tertiary/aromatic N) is 2. The SMILES string of the molecule is CCNC(c1nn(C)c2ccccc12)C(C)C. The lowest BCUT2D eigenvalue weighted by Crippen LogP contribution is -2.26. The number of aryl methyl sites for hydroxylation is 1. The van der Waals surface area contributed by atoms with E-state index in [1.54, 1.807) is 0 Å². The van der Waals surface area contributed by atoms with E-state index >= 15 is 0 Å². The van der Waals surface area contributed by atoms with Gasteiger partial charge in [0.2, 0.25) is 0 Å². The van der Waals surface area contributed by atoms with Crippen LogP contribution in [-0.4, -0.2) is 16.3 Å². The maximum absolute atomic E-state index is 4.68. The molecule has 1 aromatic heterocycles. The molecule has 0 aliphatic rings. The minimum atomic E-state index is 0.325. The van der Waals surface area contributed by atoms with Gasteiger partial charge in [0, 0.05) is 12.4 Å². The van der Waals surface area contributed by atoms with Crippen LogP contribution in [0.5, 0.6) is 0 Å². The van der Waals surface area contributed by atoms with Crippen LogP contribution in [0.25, 0.3) is 10.9 Å². The fourth-order valence-electron chi connectivity index (χ4n) is 2.34. The lowest BCUT2D eigenvalue weighted by molar-refractivity contribution is 0.412. The highest BCUT2D eigenvalue weighted by molar-refractivity contribution is 5.82. The Morgan fingerprint density at radius 3 is 2.65 bits per heavy atom. The standard InChI is InChI=1S/C14H21N3/c1-5-15-13(10(2)3)14-11-8-6-7-9-12(11)17(4)16-14/h6-10,13,15H,5H2,1-4H3. The van der Waals surface area contributed by atoms with E-state index in [1.165, 1.54) is 16.6 Å². The topological polar surface area (TPSA) is 29.9 Å². The van der Waals surface area contributed by atoms with E-state index in [0.29, 0.717) is 12.0 Å². The Bertz CT molecular complexity index is 499. The third kappa shape index (κ3) is 2.20. The van der Waals surface area contributed by atoms with Crippen molar-refractivity contribution in [1.82, 2.24) is 15.1 Å². The molecule has 0 aliphatic heterocycles. The van der Waals surface area contributed by atoms with Crippen molar-refractivity contribution in [3.63, 3.8) is 0 Å². The van der Waals surface area contributed by atoms with Crippen molar-refractivity contribution in [2.45, 2.75) is 26.8 Å². The minimum absolute atomic E-state index is 0.325. The Hall–Kier alpha value is -1.35. The number of para-hydroxylation sites is 1. The number of hydrogen-bond acceptors (Lipinski definition) is 2. The van der Waals surface area contributed by atoms with E-state index in [2.05, 4.69) is 55.5 Å². The zero-order valence-corrected chi connectivity index (χ0v) is 11.1. The molecule has 1 N–H and O–H groups in total. The first-order valence-electron chi connectivity index (χ1n) is 6.30. The summed E-state index contributed by atoms with van der Waals surface area (Å²) >= 11 is 0. The Morgan fingerprint density at radius 1 is 1.29 bits per heavy atom. The number of aromatic nitrogens is 2. The summed E-state index contributed by atoms with van der Waals surface area (Å²) in [6.45, 7) is 7.57. The Morgan fingerprint density at radius 2 is 2.00 bits per heavy atom. The van der Waals surface area contributed by atoms with Gasteiger partial charge in [-0.3, -0.25) is 4.68 Å². The van der Waals surface area contributed by atoms with Gasteiger partial charge in [-0.15, -0.1) is 0 Å². The van der Waals surface area contributed by atoms with Crippen molar-refractivity contribution < 1.29 is 0 Å². The van der Waals surface area contributed by atoms with Gasteiger partial charge < -0.3 is 5.32 Å². The maximum atomic E-state index is 4.68. The summed E-state index contributed by atoms with van der Waals surface area (Å²) in [5, 5.41) is 9.47. The fraction of sp³-hybridized carbons (Fsp3) is 0.500. The lowest BCUT2D eigenvalue weighted by Gasteiger charge is -2.20. The second-order valence-corrected chi connectivity index (χ2v) is 4.81. The van der Waals surface area contributed by atoms with Crippen molar-refractivity contribution in [1.29, 1.82) is 0 Å². The first-order valence-corrected chi connectivity index (χ1v) is 6.30. The summed E-state index contributed by atoms with van der Waals surface area (Å²) < 4.78 is 1.97. The maximum Gasteiger partial charge on any atom is 0.0875 e. The molecule has 92 valence electrons. The van der Waals surface area contributed by atoms with Crippen molar-refractivity contribution in [3.8, 4) is 0 Å². The Labute approximate surface area is 103 Å². The monoisotopic (exact) mass is 231 g/mol. The quantitative estimate of drug-likeness (QED) is 0.877. The van der Waals surface area contributed by atoms with Gasteiger partial charge in [0.1, 0.15) is 0 Å². The molecule has 0 saturated heterocycles. The number of hydrogen-bond donors (Lipinski definition) is 1. The van der Waals surface area contributed by atoms with Gasteiger partial charge in [-0.05, 0) is 18.5 Å². The molecule has 0 fully saturated rings. The van der Waals surface area contributed by atoms with Crippen LogP contribution < -0.4 is 5.32 Å². The zero-order valence-electron chi connectivity index (χ0n) is 11.1. The van der Waals surface area contributed by atoms with E-state index in [0.717, 1.165) is 6.54 Å². The van der Waals surface area contributed by atoms with E-state index < -0.39 is 0 Å². The largest absolute Gasteiger partial charge is 0.309 e. The highest BCUT2D eigenvalue weighted by Crippen LogP contribution is 2.27. The highest BCUT2D eigenvalue weighted by atomic mass is 15.3. The van der Waals surface area contributed by atoms with E-state index in [1.807, 2.05) is 11.7 Å². The Balaban J connectivity index is 2.53. The molecule has 0 bridgehead atoms. The van der Waals surface area contributed by atoms with Gasteiger partial charge in [0.15, 0.2) is 0 Å². The van der Waals surface area contributed by atoms with Crippen molar-refractivity contribution in [3.05, 3.63) is 30.0 Å². The average Bonchev–Trinajstić information content (AvgIpc) is 2.64. The third-order valence-electron chi connectivity index (χ3n) is 3.17. The predicted octanol–water partition coefficient (Wildman–Crippen LogP) is 2.88. The summed E-state index contributed by atoms with van der Waals surface area (Å²) in [5.74, 6) is 0.535. The molecule has 1 heterocycles. The molecule has 0 spiro atoms. The average molecular weight is 231 g/mol. The van der Waals surface area contributed by atoms with Crippen LogP contribution in [-0.2, 0) is 7.05 Å². The molecule has 1 unspecified atom stereocenters. The molecule has 3 heteroatoms. The van der Waals surface area contributed by atoms with Crippen molar-refractivity contribution in [2.75, 3.05) is 6.54 Å². The second kappa shape index (κ2) is 4.88. The van der Waals surface area contributed by atoms with E-state index in [4.69, 9.17) is 0 Å². The van der Waals surface area contributed by atoms with Gasteiger partial charge >= 0.3 is 0 Å². The predicted molar refractivity (Wildman–Crippen MR) is 72.0 cm³/mol. The molecular formula is C14H21N3. The van der Waals surface area contributed by atoms with E-state index in [-0.39, 0.29) is 0 Å². The van der Waals surface area contributed by atoms with Crippen LogP contribution in [0.2, 0.25) is 0 Å². The molecule has 0 saturated carbocycles. The van der Waals surface area contributed by atoms with Crippen LogP contribution >= 0.6 is 0 Å². The lowest BCUT2D eigenvalue weighted by atomic mass is 9.98. The summed E-state index contributed by atoms with van der Waals surface area (Å²) in [5.41, 5.74) is 2.37. The molecule has 3 nitrogen and oxygen atoms in total. The van der Waals surface area contributed by atoms with Crippen LogP contribution in [0.15, 0.2) is 24.3 Å². The normalized spacial score (nSPS) is 13.5. The van der Waals surface area contributed by atoms with Gasteiger partial charge in [0.25, 0.3) is 0 Å². The third-order valence-corrected chi connectivity index (χ3v) is 3.17. The number of benzene rings is 1. The van der Waals surface area contributed by atoms with Gasteiger partial charge in [-0.2, -0.15) is 5.10 Å². The molecule has 2 rings (SSSR count). The van der Waals surface area contributed by atoms with Crippen LogP contribution in [0.4, 0.5) is 0 Å². The summed E-state index contributed by atoms with van der Waals surface area (Å²) in [6.07, 6.45) is 0. The van der Waals surface area contributed by atoms with Crippen molar-refractivity contribution in [2.24, 2.45) is 13.0 Å². The molecule has 0 amide bonds. The first kappa shape index (κ1) is 12.1. The van der Waals surface area contributed by atoms with E-state index in [9.17, 15) is 0 Å². The molecule has 0 aliphatic carbocycles. The number of rotatable bonds is 4. The van der Waals surface area contributed by atoms with Crippen LogP contribution in [0.3, 0.4) is 0 Å². The summed E-state index contributed by atoms with van der Waals surface area (Å²) in [7, 11) is 2.01. The summed E-state index contributed by atoms with van der Waals surface area (Å²) in [6, 6.07) is 8.74. The highest BCUT2D eigenvalue weighted by Gasteiger charge is 2.20. The zero-order chi connectivity index (χ0) is 12.4. The number of fused-ring (bicyclic) bond motifs is 1. The molecule has 0 radical (unpaired) electrons. The fourth-order valence-corrected chi connectivity index (χ4v) is 2.34. The van der Waals surface area contributed by atoms with Crippen molar-refractivity contribution >= 4 is 10.9 Å². The summed E-state index contributed by atoms with van der Waals surface area (Å²) in [4.78, 5) is 0.